The van der Waals surface area contributed by atoms with Crippen LogP contribution in [0.5, 0.6) is 5.75 Å². The summed E-state index contributed by atoms with van der Waals surface area (Å²) in [5.41, 5.74) is 0.679. The van der Waals surface area contributed by atoms with Crippen molar-refractivity contribution < 1.29 is 9.53 Å². The van der Waals surface area contributed by atoms with Gasteiger partial charge in [-0.1, -0.05) is 4.63 Å². The van der Waals surface area contributed by atoms with Crippen LogP contribution >= 0.6 is 23.4 Å². The van der Waals surface area contributed by atoms with E-state index in [1.165, 1.54) is 0 Å². The Bertz CT molecular complexity index is 394. The zero-order valence-electron chi connectivity index (χ0n) is 9.81. The number of hydrogen-bond acceptors (Lipinski definition) is 4. The molecule has 98 valence electrons. The van der Waals surface area contributed by atoms with E-state index in [1.54, 1.807) is 12.1 Å². The Morgan fingerprint density at radius 3 is 2.50 bits per heavy atom. The quantitative estimate of drug-likeness (QED) is 0.398. The lowest BCUT2D eigenvalue weighted by Gasteiger charge is -2.05. The first-order valence-corrected chi connectivity index (χ1v) is 6.37. The predicted molar refractivity (Wildman–Crippen MR) is 71.6 cm³/mol. The SMILES string of the molecule is O=C(Cl)CCCCCOc1ccc(N=NCl)cc1. The second-order valence-electron chi connectivity index (χ2n) is 3.68. The molecule has 6 heteroatoms. The molecule has 4 nitrogen and oxygen atoms in total. The van der Waals surface area contributed by atoms with Gasteiger partial charge < -0.3 is 4.74 Å². The van der Waals surface area contributed by atoms with Crippen molar-refractivity contribution in [2.45, 2.75) is 25.7 Å². The standard InChI is InChI=1S/C12H14Cl2N2O2/c13-12(17)4-2-1-3-9-18-11-7-5-10(6-8-11)15-16-14/h5-8H,1-4,9H2. The van der Waals surface area contributed by atoms with Gasteiger partial charge in [0.15, 0.2) is 0 Å². The first kappa shape index (κ1) is 14.9. The van der Waals surface area contributed by atoms with Crippen LogP contribution in [0.15, 0.2) is 34.0 Å². The minimum Gasteiger partial charge on any atom is -0.494 e. The van der Waals surface area contributed by atoms with Crippen molar-refractivity contribution >= 4 is 34.3 Å². The van der Waals surface area contributed by atoms with Gasteiger partial charge in [0.25, 0.3) is 0 Å². The number of nitrogens with zero attached hydrogens (tertiary/aromatic N) is 2. The monoisotopic (exact) mass is 288 g/mol. The molecule has 0 bridgehead atoms. The molecule has 1 aromatic rings. The molecule has 0 saturated heterocycles. The van der Waals surface area contributed by atoms with Gasteiger partial charge in [0.2, 0.25) is 5.24 Å². The number of halogens is 2. The van der Waals surface area contributed by atoms with Gasteiger partial charge in [-0.15, -0.1) is 5.11 Å². The Balaban J connectivity index is 2.17. The fourth-order valence-corrected chi connectivity index (χ4v) is 1.61. The molecule has 0 saturated carbocycles. The minimum atomic E-state index is -0.278. The third kappa shape index (κ3) is 6.57. The maximum absolute atomic E-state index is 10.5. The molecule has 0 aromatic heterocycles. The van der Waals surface area contributed by atoms with Gasteiger partial charge in [-0.05, 0) is 55.1 Å². The summed E-state index contributed by atoms with van der Waals surface area (Å²) in [5.74, 6) is 0.775. The minimum absolute atomic E-state index is 0.278. The lowest BCUT2D eigenvalue weighted by atomic mass is 10.2. The third-order valence-corrected chi connectivity index (χ3v) is 2.54. The Morgan fingerprint density at radius 1 is 1.17 bits per heavy atom. The molecule has 0 heterocycles. The summed E-state index contributed by atoms with van der Waals surface area (Å²) < 4.78 is 8.69. The van der Waals surface area contributed by atoms with Gasteiger partial charge in [0.1, 0.15) is 5.75 Å². The maximum atomic E-state index is 10.5. The second kappa shape index (κ2) is 8.89. The van der Waals surface area contributed by atoms with Crippen molar-refractivity contribution in [2.24, 2.45) is 9.75 Å². The third-order valence-electron chi connectivity index (χ3n) is 2.28. The van der Waals surface area contributed by atoms with Gasteiger partial charge in [-0.2, -0.15) is 0 Å². The molecular weight excluding hydrogens is 275 g/mol. The molecule has 0 radical (unpaired) electrons. The number of unbranched alkanes of at least 4 members (excludes halogenated alkanes) is 2. The van der Waals surface area contributed by atoms with Gasteiger partial charge in [-0.3, -0.25) is 4.79 Å². The van der Waals surface area contributed by atoms with Crippen LogP contribution in [-0.4, -0.2) is 11.8 Å². The van der Waals surface area contributed by atoms with Crippen molar-refractivity contribution in [1.82, 2.24) is 0 Å². The summed E-state index contributed by atoms with van der Waals surface area (Å²) >= 11 is 10.4. The van der Waals surface area contributed by atoms with Crippen LogP contribution in [0.3, 0.4) is 0 Å². The number of rotatable bonds is 8. The Labute approximate surface area is 116 Å². The smallest absolute Gasteiger partial charge is 0.221 e. The molecular formula is C12H14Cl2N2O2. The van der Waals surface area contributed by atoms with Crippen LogP contribution in [0, 0.1) is 0 Å². The fraction of sp³-hybridized carbons (Fsp3) is 0.417. The number of hydrogen-bond donors (Lipinski definition) is 0. The summed E-state index contributed by atoms with van der Waals surface area (Å²) in [5, 5.41) is 3.40. The fourth-order valence-electron chi connectivity index (χ4n) is 1.39. The van der Waals surface area contributed by atoms with E-state index in [1.807, 2.05) is 12.1 Å². The average molecular weight is 289 g/mol. The summed E-state index contributed by atoms with van der Waals surface area (Å²) in [4.78, 5) is 10.5. The molecule has 0 atom stereocenters. The molecule has 1 aromatic carbocycles. The van der Waals surface area contributed by atoms with Gasteiger partial charge in [0.05, 0.1) is 24.1 Å². The van der Waals surface area contributed by atoms with Crippen LogP contribution in [0.2, 0.25) is 0 Å². The van der Waals surface area contributed by atoms with Crippen LogP contribution in [-0.2, 0) is 4.79 Å². The van der Waals surface area contributed by atoms with E-state index in [0.717, 1.165) is 25.0 Å². The number of carbonyl (C=O) groups excluding carboxylic acids is 1. The van der Waals surface area contributed by atoms with E-state index in [9.17, 15) is 4.79 Å². The van der Waals surface area contributed by atoms with Crippen LogP contribution in [0.4, 0.5) is 5.69 Å². The molecule has 0 aliphatic heterocycles. The summed E-state index contributed by atoms with van der Waals surface area (Å²) in [6.45, 7) is 0.618. The van der Waals surface area contributed by atoms with Crippen molar-refractivity contribution in [3.63, 3.8) is 0 Å². The summed E-state index contributed by atoms with van der Waals surface area (Å²) in [7, 11) is 0. The van der Waals surface area contributed by atoms with E-state index in [0.29, 0.717) is 18.7 Å². The highest BCUT2D eigenvalue weighted by Crippen LogP contribution is 2.19. The molecule has 0 fully saturated rings. The van der Waals surface area contributed by atoms with Crippen molar-refractivity contribution in [3.05, 3.63) is 24.3 Å². The number of ether oxygens (including phenoxy) is 1. The number of benzene rings is 1. The van der Waals surface area contributed by atoms with Gasteiger partial charge in [0, 0.05) is 6.42 Å². The highest BCUT2D eigenvalue weighted by Gasteiger charge is 1.97. The van der Waals surface area contributed by atoms with Crippen molar-refractivity contribution in [1.29, 1.82) is 0 Å². The van der Waals surface area contributed by atoms with E-state index in [-0.39, 0.29) is 5.24 Å². The van der Waals surface area contributed by atoms with Crippen LogP contribution < -0.4 is 4.74 Å². The lowest BCUT2D eigenvalue weighted by Crippen LogP contribution is -1.97. The van der Waals surface area contributed by atoms with E-state index < -0.39 is 0 Å². The highest BCUT2D eigenvalue weighted by molar-refractivity contribution is 6.63. The van der Waals surface area contributed by atoms with Crippen LogP contribution in [0.25, 0.3) is 0 Å². The molecule has 0 aliphatic rings. The molecule has 0 amide bonds. The van der Waals surface area contributed by atoms with Gasteiger partial charge >= 0.3 is 0 Å². The van der Waals surface area contributed by atoms with Crippen molar-refractivity contribution in [3.8, 4) is 5.75 Å². The lowest BCUT2D eigenvalue weighted by molar-refractivity contribution is -0.111. The van der Waals surface area contributed by atoms with E-state index in [4.69, 9.17) is 28.1 Å². The molecule has 1 rings (SSSR count). The first-order valence-electron chi connectivity index (χ1n) is 5.65. The molecule has 0 unspecified atom stereocenters. The van der Waals surface area contributed by atoms with Gasteiger partial charge in [-0.25, -0.2) is 0 Å². The van der Waals surface area contributed by atoms with Crippen molar-refractivity contribution in [2.75, 3.05) is 6.61 Å². The topological polar surface area (TPSA) is 51.0 Å². The zero-order valence-corrected chi connectivity index (χ0v) is 11.3. The normalized spacial score (nSPS) is 10.8. The number of carbonyl (C=O) groups is 1. The highest BCUT2D eigenvalue weighted by atomic mass is 35.5. The van der Waals surface area contributed by atoms with E-state index >= 15 is 0 Å². The average Bonchev–Trinajstić information content (AvgIpc) is 2.35. The Kier molecular flexibility index (Phi) is 7.37. The molecule has 0 spiro atoms. The predicted octanol–water partition coefficient (Wildman–Crippen LogP) is 4.63. The largest absolute Gasteiger partial charge is 0.494 e. The van der Waals surface area contributed by atoms with Crippen LogP contribution in [0.1, 0.15) is 25.7 Å². The summed E-state index contributed by atoms with van der Waals surface area (Å²) in [6.07, 6.45) is 3.06. The Morgan fingerprint density at radius 2 is 1.89 bits per heavy atom. The maximum Gasteiger partial charge on any atom is 0.221 e. The molecule has 0 aliphatic carbocycles. The zero-order chi connectivity index (χ0) is 13.2. The first-order chi connectivity index (χ1) is 8.72. The second-order valence-corrected chi connectivity index (χ2v) is 4.26. The Hall–Kier alpha value is -1.13. The molecule has 0 N–H and O–H groups in total. The summed E-state index contributed by atoms with van der Waals surface area (Å²) in [6, 6.07) is 7.16. The van der Waals surface area contributed by atoms with E-state index in [2.05, 4.69) is 9.75 Å². The molecule has 18 heavy (non-hydrogen) atoms.